The number of carbonyl (C=O) groups excluding carboxylic acids is 2. The van der Waals surface area contributed by atoms with Gasteiger partial charge in [0.05, 0.1) is 6.54 Å². The van der Waals surface area contributed by atoms with E-state index in [9.17, 15) is 14.4 Å². The fourth-order valence-electron chi connectivity index (χ4n) is 2.15. The van der Waals surface area contributed by atoms with Crippen LogP contribution < -0.4 is 16.4 Å². The maximum absolute atomic E-state index is 11.6. The molecule has 1 saturated heterocycles. The van der Waals surface area contributed by atoms with Crippen molar-refractivity contribution in [2.24, 2.45) is 11.5 Å². The Morgan fingerprint density at radius 3 is 2.50 bits per heavy atom. The third kappa shape index (κ3) is 3.17. The van der Waals surface area contributed by atoms with E-state index >= 15 is 0 Å². The van der Waals surface area contributed by atoms with E-state index in [0.717, 1.165) is 4.90 Å². The fourth-order valence-corrected chi connectivity index (χ4v) is 2.33. The number of piperazine rings is 1. The number of amides is 3. The molecule has 1 aliphatic heterocycles. The Labute approximate surface area is 129 Å². The van der Waals surface area contributed by atoms with Crippen molar-refractivity contribution in [1.29, 1.82) is 0 Å². The van der Waals surface area contributed by atoms with E-state index in [2.05, 4.69) is 9.97 Å². The highest BCUT2D eigenvalue weighted by molar-refractivity contribution is 6.28. The van der Waals surface area contributed by atoms with Gasteiger partial charge in [-0.1, -0.05) is 0 Å². The van der Waals surface area contributed by atoms with Gasteiger partial charge in [-0.2, -0.15) is 0 Å². The fraction of sp³-hybridized carbons (Fsp3) is 0.364. The zero-order chi connectivity index (χ0) is 16.4. The second kappa shape index (κ2) is 6.02. The molecule has 1 aromatic heterocycles. The van der Waals surface area contributed by atoms with E-state index in [0.29, 0.717) is 0 Å². The Kier molecular flexibility index (Phi) is 4.31. The molecule has 0 radical (unpaired) electrons. The van der Waals surface area contributed by atoms with Crippen LogP contribution in [0.15, 0.2) is 6.07 Å². The van der Waals surface area contributed by atoms with Crippen LogP contribution in [0.2, 0.25) is 5.28 Å². The summed E-state index contributed by atoms with van der Waals surface area (Å²) in [4.78, 5) is 44.0. The van der Waals surface area contributed by atoms with E-state index < -0.39 is 23.9 Å². The number of carboxylic acid groups (broad SMARTS) is 1. The van der Waals surface area contributed by atoms with Crippen LogP contribution >= 0.6 is 11.6 Å². The Morgan fingerprint density at radius 1 is 1.27 bits per heavy atom. The highest BCUT2D eigenvalue weighted by Crippen LogP contribution is 2.21. The lowest BCUT2D eigenvalue weighted by Gasteiger charge is -2.39. The van der Waals surface area contributed by atoms with Crippen LogP contribution in [0.1, 0.15) is 10.5 Å². The predicted octanol–water partition coefficient (Wildman–Crippen LogP) is -1.12. The third-order valence-electron chi connectivity index (χ3n) is 3.21. The van der Waals surface area contributed by atoms with Gasteiger partial charge in [-0.3, -0.25) is 9.59 Å². The molecule has 118 valence electrons. The standard InChI is InChI=1S/C11H13ClN6O4/c12-10-15-5(8(13)19)3-7(16-10)18-2-1-17(11(21)22)4-6(18)9(14)20/h3,6H,1-2,4H2,(H2,13,19)(H2,14,20)(H,21,22). The summed E-state index contributed by atoms with van der Waals surface area (Å²) in [6.45, 7) is 0.191. The van der Waals surface area contributed by atoms with Crippen molar-refractivity contribution in [2.75, 3.05) is 24.5 Å². The molecule has 22 heavy (non-hydrogen) atoms. The minimum atomic E-state index is -1.15. The first-order valence-electron chi connectivity index (χ1n) is 6.18. The number of aromatic nitrogens is 2. The first kappa shape index (κ1) is 15.8. The summed E-state index contributed by atoms with van der Waals surface area (Å²) in [6.07, 6.45) is -1.15. The normalized spacial score (nSPS) is 18.1. The molecule has 1 fully saturated rings. The molecule has 0 aromatic carbocycles. The lowest BCUT2D eigenvalue weighted by molar-refractivity contribution is -0.120. The molecule has 0 spiro atoms. The molecule has 5 N–H and O–H groups in total. The van der Waals surface area contributed by atoms with E-state index in [1.54, 1.807) is 0 Å². The van der Waals surface area contributed by atoms with Gasteiger partial charge in [0, 0.05) is 19.2 Å². The zero-order valence-corrected chi connectivity index (χ0v) is 12.0. The second-order valence-corrected chi connectivity index (χ2v) is 4.92. The van der Waals surface area contributed by atoms with Gasteiger partial charge in [-0.15, -0.1) is 0 Å². The summed E-state index contributed by atoms with van der Waals surface area (Å²) in [5.74, 6) is -1.34. The number of rotatable bonds is 3. The molecule has 10 nitrogen and oxygen atoms in total. The molecule has 2 heterocycles. The van der Waals surface area contributed by atoms with Crippen LogP contribution in [-0.2, 0) is 4.79 Å². The number of nitrogens with two attached hydrogens (primary N) is 2. The molecule has 0 bridgehead atoms. The van der Waals surface area contributed by atoms with E-state index in [-0.39, 0.29) is 36.4 Å². The molecule has 1 unspecified atom stereocenters. The average molecular weight is 329 g/mol. The Hall–Kier alpha value is -2.62. The molecule has 1 atom stereocenters. The summed E-state index contributed by atoms with van der Waals surface area (Å²) < 4.78 is 0. The van der Waals surface area contributed by atoms with Gasteiger partial charge in [0.15, 0.2) is 0 Å². The number of anilines is 1. The van der Waals surface area contributed by atoms with Crippen molar-refractivity contribution in [3.63, 3.8) is 0 Å². The largest absolute Gasteiger partial charge is 0.465 e. The lowest BCUT2D eigenvalue weighted by atomic mass is 10.1. The SMILES string of the molecule is NC(=O)c1cc(N2CCN(C(=O)O)CC2C(N)=O)nc(Cl)n1. The quantitative estimate of drug-likeness (QED) is 0.593. The minimum absolute atomic E-state index is 0.112. The Bertz CT molecular complexity index is 639. The molecule has 1 aliphatic rings. The highest BCUT2D eigenvalue weighted by atomic mass is 35.5. The molecule has 0 saturated carbocycles. The number of nitrogens with zero attached hydrogens (tertiary/aromatic N) is 4. The number of carbonyl (C=O) groups is 3. The summed E-state index contributed by atoms with van der Waals surface area (Å²) in [7, 11) is 0. The Morgan fingerprint density at radius 2 is 1.95 bits per heavy atom. The van der Waals surface area contributed by atoms with Gasteiger partial charge in [0.1, 0.15) is 17.6 Å². The first-order valence-corrected chi connectivity index (χ1v) is 6.55. The summed E-state index contributed by atoms with van der Waals surface area (Å²) >= 11 is 5.74. The van der Waals surface area contributed by atoms with Gasteiger partial charge in [0.25, 0.3) is 5.91 Å². The van der Waals surface area contributed by atoms with Crippen molar-refractivity contribution < 1.29 is 19.5 Å². The topological polar surface area (TPSA) is 156 Å². The van der Waals surface area contributed by atoms with Gasteiger partial charge >= 0.3 is 6.09 Å². The average Bonchev–Trinajstić information content (AvgIpc) is 2.45. The molecular formula is C11H13ClN6O4. The zero-order valence-electron chi connectivity index (χ0n) is 11.3. The van der Waals surface area contributed by atoms with E-state index in [1.807, 2.05) is 0 Å². The predicted molar refractivity (Wildman–Crippen MR) is 75.5 cm³/mol. The molecule has 11 heteroatoms. The van der Waals surface area contributed by atoms with Crippen LogP contribution in [-0.4, -0.2) is 63.6 Å². The molecule has 3 amide bonds. The van der Waals surface area contributed by atoms with Crippen molar-refractivity contribution in [2.45, 2.75) is 6.04 Å². The van der Waals surface area contributed by atoms with Crippen molar-refractivity contribution >= 4 is 35.3 Å². The molecular weight excluding hydrogens is 316 g/mol. The van der Waals surface area contributed by atoms with E-state index in [1.165, 1.54) is 11.0 Å². The molecule has 0 aliphatic carbocycles. The van der Waals surface area contributed by atoms with E-state index in [4.69, 9.17) is 28.2 Å². The number of primary amides is 2. The van der Waals surface area contributed by atoms with Gasteiger partial charge in [0.2, 0.25) is 11.2 Å². The van der Waals surface area contributed by atoms with Crippen molar-refractivity contribution in [1.82, 2.24) is 14.9 Å². The van der Waals surface area contributed by atoms with Gasteiger partial charge in [-0.25, -0.2) is 14.8 Å². The summed E-state index contributed by atoms with van der Waals surface area (Å²) in [5.41, 5.74) is 10.4. The van der Waals surface area contributed by atoms with Gasteiger partial charge in [-0.05, 0) is 11.6 Å². The van der Waals surface area contributed by atoms with Gasteiger partial charge < -0.3 is 26.4 Å². The summed E-state index contributed by atoms with van der Waals surface area (Å²) in [6, 6.07) is 0.345. The number of hydrogen-bond donors (Lipinski definition) is 3. The third-order valence-corrected chi connectivity index (χ3v) is 3.38. The van der Waals surface area contributed by atoms with Crippen LogP contribution in [0.5, 0.6) is 0 Å². The molecule has 1 aromatic rings. The monoisotopic (exact) mass is 328 g/mol. The first-order chi connectivity index (χ1) is 10.3. The Balaban J connectivity index is 2.36. The summed E-state index contributed by atoms with van der Waals surface area (Å²) in [5, 5.41) is 8.79. The minimum Gasteiger partial charge on any atom is -0.465 e. The maximum Gasteiger partial charge on any atom is 0.407 e. The van der Waals surface area contributed by atoms with Crippen LogP contribution in [0.4, 0.5) is 10.6 Å². The smallest absolute Gasteiger partial charge is 0.407 e. The molecule has 2 rings (SSSR count). The lowest BCUT2D eigenvalue weighted by Crippen LogP contribution is -2.59. The number of halogens is 1. The number of hydrogen-bond acceptors (Lipinski definition) is 6. The van der Waals surface area contributed by atoms with Crippen molar-refractivity contribution in [3.05, 3.63) is 17.0 Å². The maximum atomic E-state index is 11.6. The van der Waals surface area contributed by atoms with Crippen molar-refractivity contribution in [3.8, 4) is 0 Å². The van der Waals surface area contributed by atoms with Crippen LogP contribution in [0.25, 0.3) is 0 Å². The van der Waals surface area contributed by atoms with Crippen LogP contribution in [0, 0.1) is 0 Å². The second-order valence-electron chi connectivity index (χ2n) is 4.58. The highest BCUT2D eigenvalue weighted by Gasteiger charge is 2.34. The van der Waals surface area contributed by atoms with Crippen LogP contribution in [0.3, 0.4) is 0 Å².